The second-order valence-corrected chi connectivity index (χ2v) is 2.86. The summed E-state index contributed by atoms with van der Waals surface area (Å²) in [6.45, 7) is 1.74. The molecule has 0 atom stereocenters. The van der Waals surface area contributed by atoms with Gasteiger partial charge in [0.05, 0.1) is 17.2 Å². The Morgan fingerprint density at radius 1 is 1.50 bits per heavy atom. The van der Waals surface area contributed by atoms with E-state index in [9.17, 15) is 13.6 Å². The summed E-state index contributed by atoms with van der Waals surface area (Å²) < 4.78 is 30.9. The van der Waals surface area contributed by atoms with Gasteiger partial charge in [-0.25, -0.2) is 4.39 Å². The number of benzene rings is 1. The molecule has 1 aromatic rings. The number of hydrogen-bond acceptors (Lipinski definition) is 2. The predicted octanol–water partition coefficient (Wildman–Crippen LogP) is 2.83. The molecule has 0 spiro atoms. The molecule has 0 N–H and O–H groups in total. The van der Waals surface area contributed by atoms with Crippen molar-refractivity contribution in [1.29, 1.82) is 0 Å². The molecule has 0 heterocycles. The first-order chi connectivity index (χ1) is 6.61. The molecule has 0 bridgehead atoms. The van der Waals surface area contributed by atoms with Crippen molar-refractivity contribution in [3.63, 3.8) is 0 Å². The molecule has 0 aliphatic carbocycles. The number of carbonyl (C=O) groups is 1. The highest BCUT2D eigenvalue weighted by Gasteiger charge is 2.18. The molecule has 1 rings (SSSR count). The smallest absolute Gasteiger partial charge is 0.202 e. The van der Waals surface area contributed by atoms with Crippen LogP contribution in [0.5, 0.6) is 5.75 Å². The van der Waals surface area contributed by atoms with E-state index in [2.05, 4.69) is 0 Å². The van der Waals surface area contributed by atoms with E-state index in [0.717, 1.165) is 6.07 Å². The monoisotopic (exact) mass is 220 g/mol. The molecule has 0 aliphatic heterocycles. The second-order valence-electron chi connectivity index (χ2n) is 2.46. The van der Waals surface area contributed by atoms with Crippen molar-refractivity contribution in [3.8, 4) is 5.75 Å². The average Bonchev–Trinajstić information content (AvgIpc) is 2.19. The standard InChI is InChI=1S/C9H7ClF2O2/c1-2-14-9-5(4-13)3-6(10)7(11)8(9)12/h3-4H,2H2,1H3. The van der Waals surface area contributed by atoms with Gasteiger partial charge >= 0.3 is 0 Å². The van der Waals surface area contributed by atoms with Gasteiger partial charge in [-0.2, -0.15) is 4.39 Å². The number of hydrogen-bond donors (Lipinski definition) is 0. The van der Waals surface area contributed by atoms with Crippen LogP contribution < -0.4 is 4.74 Å². The van der Waals surface area contributed by atoms with Crippen LogP contribution in [-0.2, 0) is 0 Å². The Hall–Kier alpha value is -1.16. The van der Waals surface area contributed by atoms with Gasteiger partial charge in [-0.1, -0.05) is 11.6 Å². The highest BCUT2D eigenvalue weighted by atomic mass is 35.5. The molecule has 0 radical (unpaired) electrons. The third-order valence-electron chi connectivity index (χ3n) is 1.56. The first kappa shape index (κ1) is 10.9. The van der Waals surface area contributed by atoms with Crippen LogP contribution in [0.15, 0.2) is 6.07 Å². The molecule has 0 fully saturated rings. The number of rotatable bonds is 3. The molecule has 2 nitrogen and oxygen atoms in total. The van der Waals surface area contributed by atoms with Crippen molar-refractivity contribution in [1.82, 2.24) is 0 Å². The first-order valence-corrected chi connectivity index (χ1v) is 4.25. The SMILES string of the molecule is CCOc1c(C=O)cc(Cl)c(F)c1F. The maximum Gasteiger partial charge on any atom is 0.202 e. The molecule has 0 amide bonds. The molecular formula is C9H7ClF2O2. The molecule has 0 aromatic heterocycles. The lowest BCUT2D eigenvalue weighted by molar-refractivity contribution is 0.111. The normalized spacial score (nSPS) is 10.0. The van der Waals surface area contributed by atoms with Crippen molar-refractivity contribution >= 4 is 17.9 Å². The van der Waals surface area contributed by atoms with Crippen LogP contribution >= 0.6 is 11.6 Å². The second kappa shape index (κ2) is 4.37. The summed E-state index contributed by atoms with van der Waals surface area (Å²) in [6.07, 6.45) is 0.361. The molecule has 5 heteroatoms. The first-order valence-electron chi connectivity index (χ1n) is 3.87. The number of aldehydes is 1. The van der Waals surface area contributed by atoms with Crippen LogP contribution in [0.25, 0.3) is 0 Å². The Bertz CT molecular complexity index is 366. The van der Waals surface area contributed by atoms with E-state index in [-0.39, 0.29) is 12.2 Å². The summed E-state index contributed by atoms with van der Waals surface area (Å²) in [4.78, 5) is 10.5. The van der Waals surface area contributed by atoms with Crippen LogP contribution in [0.1, 0.15) is 17.3 Å². The summed E-state index contributed by atoms with van der Waals surface area (Å²) in [5.74, 6) is -2.84. The number of ether oxygens (including phenoxy) is 1. The Labute approximate surface area is 84.4 Å². The Morgan fingerprint density at radius 3 is 2.64 bits per heavy atom. The number of carbonyl (C=O) groups excluding carboxylic acids is 1. The Balaban J connectivity index is 3.36. The molecule has 76 valence electrons. The van der Waals surface area contributed by atoms with Crippen molar-refractivity contribution in [2.75, 3.05) is 6.61 Å². The minimum absolute atomic E-state index is 0.101. The molecular weight excluding hydrogens is 214 g/mol. The minimum Gasteiger partial charge on any atom is -0.490 e. The predicted molar refractivity (Wildman–Crippen MR) is 47.9 cm³/mol. The molecule has 0 saturated carbocycles. The fraction of sp³-hybridized carbons (Fsp3) is 0.222. The Kier molecular flexibility index (Phi) is 3.41. The number of halogens is 3. The van der Waals surface area contributed by atoms with E-state index in [1.165, 1.54) is 0 Å². The van der Waals surface area contributed by atoms with Crippen molar-refractivity contribution in [2.45, 2.75) is 6.92 Å². The van der Waals surface area contributed by atoms with Gasteiger partial charge in [0.15, 0.2) is 17.9 Å². The van der Waals surface area contributed by atoms with Crippen LogP contribution in [0.3, 0.4) is 0 Å². The van der Waals surface area contributed by atoms with Gasteiger partial charge in [-0.15, -0.1) is 0 Å². The highest BCUT2D eigenvalue weighted by molar-refractivity contribution is 6.31. The average molecular weight is 221 g/mol. The maximum atomic E-state index is 13.2. The van der Waals surface area contributed by atoms with E-state index >= 15 is 0 Å². The minimum atomic E-state index is -1.23. The fourth-order valence-electron chi connectivity index (χ4n) is 0.975. The topological polar surface area (TPSA) is 26.3 Å². The van der Waals surface area contributed by atoms with Crippen molar-refractivity contribution in [2.24, 2.45) is 0 Å². The van der Waals surface area contributed by atoms with E-state index in [1.54, 1.807) is 6.92 Å². The van der Waals surface area contributed by atoms with Crippen molar-refractivity contribution < 1.29 is 18.3 Å². The van der Waals surface area contributed by atoms with Gasteiger partial charge in [0.1, 0.15) is 0 Å². The maximum absolute atomic E-state index is 13.2. The summed E-state index contributed by atoms with van der Waals surface area (Å²) in [5, 5.41) is -0.437. The molecule has 0 unspecified atom stereocenters. The summed E-state index contributed by atoms with van der Waals surface area (Å²) in [6, 6.07) is 1.03. The van der Waals surface area contributed by atoms with Crippen LogP contribution in [-0.4, -0.2) is 12.9 Å². The lowest BCUT2D eigenvalue weighted by Crippen LogP contribution is -2.01. The molecule has 0 saturated heterocycles. The third kappa shape index (κ3) is 1.85. The van der Waals surface area contributed by atoms with Crippen LogP contribution in [0.4, 0.5) is 8.78 Å². The zero-order chi connectivity index (χ0) is 10.7. The van der Waals surface area contributed by atoms with Gasteiger partial charge in [-0.05, 0) is 13.0 Å². The lowest BCUT2D eigenvalue weighted by Gasteiger charge is -2.08. The zero-order valence-electron chi connectivity index (χ0n) is 7.31. The van der Waals surface area contributed by atoms with E-state index < -0.39 is 22.4 Å². The Morgan fingerprint density at radius 2 is 2.14 bits per heavy atom. The van der Waals surface area contributed by atoms with Gasteiger partial charge < -0.3 is 4.74 Å². The van der Waals surface area contributed by atoms with Gasteiger partial charge in [0.25, 0.3) is 0 Å². The van der Waals surface area contributed by atoms with E-state index in [1.807, 2.05) is 0 Å². The van der Waals surface area contributed by atoms with Crippen LogP contribution in [0, 0.1) is 11.6 Å². The zero-order valence-corrected chi connectivity index (χ0v) is 8.07. The summed E-state index contributed by atoms with van der Waals surface area (Å²) in [7, 11) is 0. The van der Waals surface area contributed by atoms with Gasteiger partial charge in [0, 0.05) is 0 Å². The van der Waals surface area contributed by atoms with Crippen LogP contribution in [0.2, 0.25) is 5.02 Å². The van der Waals surface area contributed by atoms with Gasteiger partial charge in [-0.3, -0.25) is 4.79 Å². The summed E-state index contributed by atoms with van der Waals surface area (Å²) in [5.41, 5.74) is -0.101. The van der Waals surface area contributed by atoms with Crippen molar-refractivity contribution in [3.05, 3.63) is 28.3 Å². The third-order valence-corrected chi connectivity index (χ3v) is 1.84. The fourth-order valence-corrected chi connectivity index (χ4v) is 1.18. The quantitative estimate of drug-likeness (QED) is 0.578. The molecule has 1 aromatic carbocycles. The van der Waals surface area contributed by atoms with E-state index in [0.29, 0.717) is 6.29 Å². The largest absolute Gasteiger partial charge is 0.490 e. The van der Waals surface area contributed by atoms with Gasteiger partial charge in [0.2, 0.25) is 5.82 Å². The molecule has 14 heavy (non-hydrogen) atoms. The van der Waals surface area contributed by atoms with E-state index in [4.69, 9.17) is 16.3 Å². The highest BCUT2D eigenvalue weighted by Crippen LogP contribution is 2.29. The summed E-state index contributed by atoms with van der Waals surface area (Å²) >= 11 is 5.34. The molecule has 0 aliphatic rings. The lowest BCUT2D eigenvalue weighted by atomic mass is 10.2.